The van der Waals surface area contributed by atoms with Gasteiger partial charge in [0.2, 0.25) is 0 Å². The van der Waals surface area contributed by atoms with Crippen molar-refractivity contribution in [2.24, 2.45) is 18.4 Å². The van der Waals surface area contributed by atoms with Crippen LogP contribution in [0, 0.1) is 11.3 Å². The van der Waals surface area contributed by atoms with Crippen molar-refractivity contribution < 1.29 is 9.84 Å². The number of aliphatic hydroxyl groups is 1. The molecule has 0 saturated carbocycles. The second kappa shape index (κ2) is 5.00. The predicted molar refractivity (Wildman–Crippen MR) is 101 cm³/mol. The quantitative estimate of drug-likeness (QED) is 0.802. The first-order valence-corrected chi connectivity index (χ1v) is 9.91. The fourth-order valence-electron chi connectivity index (χ4n) is 6.87. The Morgan fingerprint density at radius 1 is 1.35 bits per heavy atom. The maximum atomic E-state index is 10.6. The summed E-state index contributed by atoms with van der Waals surface area (Å²) in [4.78, 5) is 2.66. The highest BCUT2D eigenvalue weighted by molar-refractivity contribution is 5.86. The van der Waals surface area contributed by atoms with Gasteiger partial charge in [0.15, 0.2) is 0 Å². The molecule has 2 unspecified atom stereocenters. The third-order valence-corrected chi connectivity index (χ3v) is 7.92. The van der Waals surface area contributed by atoms with Crippen LogP contribution in [0.2, 0.25) is 0 Å². The van der Waals surface area contributed by atoms with Crippen molar-refractivity contribution >= 4 is 10.9 Å². The van der Waals surface area contributed by atoms with Gasteiger partial charge in [0.1, 0.15) is 6.10 Å². The maximum absolute atomic E-state index is 10.6. The minimum Gasteiger partial charge on any atom is -0.396 e. The number of hydrogen-bond acceptors (Lipinski definition) is 3. The molecule has 0 aliphatic carbocycles. The van der Waals surface area contributed by atoms with E-state index < -0.39 is 0 Å². The van der Waals surface area contributed by atoms with Crippen molar-refractivity contribution in [2.75, 3.05) is 19.8 Å². The summed E-state index contributed by atoms with van der Waals surface area (Å²) in [7, 11) is 2.21. The van der Waals surface area contributed by atoms with E-state index in [4.69, 9.17) is 4.74 Å². The number of fused-ring (bicyclic) bond motifs is 5. The normalized spacial score (nSPS) is 41.7. The monoisotopic (exact) mass is 350 g/mol. The van der Waals surface area contributed by atoms with Gasteiger partial charge in [-0.15, -0.1) is 0 Å². The molecule has 4 nitrogen and oxygen atoms in total. The molecule has 5 aliphatic rings. The van der Waals surface area contributed by atoms with Gasteiger partial charge < -0.3 is 14.4 Å². The molecule has 136 valence electrons. The van der Waals surface area contributed by atoms with Crippen LogP contribution in [0.4, 0.5) is 0 Å². The minimum absolute atomic E-state index is 0.0475. The van der Waals surface area contributed by atoms with E-state index in [9.17, 15) is 5.11 Å². The summed E-state index contributed by atoms with van der Waals surface area (Å²) < 4.78 is 8.85. The molecule has 1 N–H and O–H groups in total. The van der Waals surface area contributed by atoms with Gasteiger partial charge >= 0.3 is 0 Å². The van der Waals surface area contributed by atoms with Gasteiger partial charge in [-0.2, -0.15) is 0 Å². The average Bonchev–Trinajstić information content (AvgIpc) is 3.00. The first-order chi connectivity index (χ1) is 12.7. The molecule has 0 radical (unpaired) electrons. The molecule has 5 aliphatic heterocycles. The number of benzene rings is 1. The van der Waals surface area contributed by atoms with Crippen molar-refractivity contribution in [3.05, 3.63) is 47.2 Å². The van der Waals surface area contributed by atoms with Crippen LogP contribution in [-0.4, -0.2) is 40.4 Å². The van der Waals surface area contributed by atoms with Gasteiger partial charge in [0.25, 0.3) is 0 Å². The molecule has 6 atom stereocenters. The number of allylic oxidation sites excluding steroid dienone is 1. The van der Waals surface area contributed by atoms with E-state index in [-0.39, 0.29) is 18.1 Å². The summed E-state index contributed by atoms with van der Waals surface area (Å²) in [6, 6.07) is 9.48. The topological polar surface area (TPSA) is 37.6 Å². The fourth-order valence-corrected chi connectivity index (χ4v) is 6.87. The molecule has 2 aromatic rings. The molecule has 7 rings (SSSR count). The number of aliphatic hydroxyl groups excluding tert-OH is 1. The molecule has 4 heteroatoms. The number of rotatable bonds is 1. The lowest BCUT2D eigenvalue weighted by atomic mass is 9.52. The van der Waals surface area contributed by atoms with E-state index in [0.717, 1.165) is 26.0 Å². The molecule has 0 spiro atoms. The molecular weight excluding hydrogens is 324 g/mol. The Morgan fingerprint density at radius 2 is 2.19 bits per heavy atom. The second-order valence-electron chi connectivity index (χ2n) is 8.59. The number of aryl methyl sites for hydroxylation is 1. The SMILES string of the molecule is C/C=C1/CN2[C@H]3C4OCC[C@@]3(CO)[C@H]1C[C@H]2c1c4c2ccccc2n1C. The van der Waals surface area contributed by atoms with Crippen LogP contribution >= 0.6 is 0 Å². The van der Waals surface area contributed by atoms with Crippen molar-refractivity contribution in [3.8, 4) is 0 Å². The molecule has 1 aromatic carbocycles. The number of nitrogens with zero attached hydrogens (tertiary/aromatic N) is 2. The van der Waals surface area contributed by atoms with Crippen LogP contribution in [0.1, 0.15) is 43.2 Å². The van der Waals surface area contributed by atoms with E-state index in [1.54, 1.807) is 0 Å². The Kier molecular flexibility index (Phi) is 2.97. The van der Waals surface area contributed by atoms with E-state index in [1.165, 1.54) is 27.7 Å². The Hall–Kier alpha value is -1.62. The van der Waals surface area contributed by atoms with E-state index >= 15 is 0 Å². The van der Waals surface area contributed by atoms with Crippen LogP contribution < -0.4 is 0 Å². The van der Waals surface area contributed by atoms with Crippen molar-refractivity contribution in [2.45, 2.75) is 38.0 Å². The smallest absolute Gasteiger partial charge is 0.101 e. The first kappa shape index (κ1) is 15.4. The summed E-state index contributed by atoms with van der Waals surface area (Å²) in [5.74, 6) is 0.482. The molecular formula is C22H26N2O2. The van der Waals surface area contributed by atoms with Gasteiger partial charge in [-0.05, 0) is 31.7 Å². The van der Waals surface area contributed by atoms with Crippen LogP contribution in [-0.2, 0) is 11.8 Å². The molecule has 26 heavy (non-hydrogen) atoms. The van der Waals surface area contributed by atoms with Gasteiger partial charge in [0.05, 0.1) is 12.6 Å². The molecule has 0 amide bonds. The predicted octanol–water partition coefficient (Wildman–Crippen LogP) is 3.32. The zero-order chi connectivity index (χ0) is 17.6. The first-order valence-electron chi connectivity index (χ1n) is 9.91. The van der Waals surface area contributed by atoms with E-state index in [0.29, 0.717) is 18.0 Å². The number of para-hydroxylation sites is 1. The highest BCUT2D eigenvalue weighted by Crippen LogP contribution is 2.65. The molecule has 1 aromatic heterocycles. The Balaban J connectivity index is 1.67. The number of piperidine rings is 3. The highest BCUT2D eigenvalue weighted by Gasteiger charge is 2.65. The second-order valence-corrected chi connectivity index (χ2v) is 8.59. The van der Waals surface area contributed by atoms with Crippen molar-refractivity contribution in [3.63, 3.8) is 0 Å². The molecule has 4 bridgehead atoms. The van der Waals surface area contributed by atoms with E-state index in [1.807, 2.05) is 0 Å². The Bertz CT molecular complexity index is 945. The Labute approximate surface area is 154 Å². The van der Waals surface area contributed by atoms with Crippen LogP contribution in [0.15, 0.2) is 35.9 Å². The standard InChI is InChI=1S/C22H26N2O2/c1-3-13-11-24-17-10-15(13)22(12-25)8-9-26-20(21(22)24)18-14-6-4-5-7-16(14)23(2)19(17)18/h3-7,15,17,20-21,25H,8-12H2,1-2H3/b13-3-/t15-,17-,20?,21-,22+/m0/s1. The Morgan fingerprint density at radius 3 is 3.00 bits per heavy atom. The largest absolute Gasteiger partial charge is 0.396 e. The van der Waals surface area contributed by atoms with Gasteiger partial charge in [-0.1, -0.05) is 29.8 Å². The lowest BCUT2D eigenvalue weighted by Crippen LogP contribution is -2.70. The number of hydrogen-bond donors (Lipinski definition) is 1. The summed E-state index contributed by atoms with van der Waals surface area (Å²) in [6.45, 7) is 4.20. The maximum Gasteiger partial charge on any atom is 0.101 e. The lowest BCUT2D eigenvalue weighted by molar-refractivity contribution is -0.216. The zero-order valence-corrected chi connectivity index (χ0v) is 15.5. The number of aromatic nitrogens is 1. The summed E-state index contributed by atoms with van der Waals surface area (Å²) in [6.07, 6.45) is 4.47. The molecule has 6 heterocycles. The van der Waals surface area contributed by atoms with Gasteiger partial charge in [-0.3, -0.25) is 4.90 Å². The van der Waals surface area contributed by atoms with Crippen LogP contribution in [0.3, 0.4) is 0 Å². The van der Waals surface area contributed by atoms with Gasteiger partial charge in [-0.25, -0.2) is 0 Å². The van der Waals surface area contributed by atoms with Crippen LogP contribution in [0.25, 0.3) is 10.9 Å². The fraction of sp³-hybridized carbons (Fsp3) is 0.545. The number of ether oxygens (including phenoxy) is 1. The average molecular weight is 350 g/mol. The van der Waals surface area contributed by atoms with Crippen molar-refractivity contribution in [1.29, 1.82) is 0 Å². The van der Waals surface area contributed by atoms with Gasteiger partial charge in [0, 0.05) is 53.8 Å². The molecule has 4 fully saturated rings. The molecule has 4 saturated heterocycles. The minimum atomic E-state index is -0.0475. The summed E-state index contributed by atoms with van der Waals surface area (Å²) >= 11 is 0. The third kappa shape index (κ3) is 1.54. The summed E-state index contributed by atoms with van der Waals surface area (Å²) in [5, 5.41) is 11.9. The van der Waals surface area contributed by atoms with Crippen molar-refractivity contribution in [1.82, 2.24) is 9.47 Å². The summed E-state index contributed by atoms with van der Waals surface area (Å²) in [5.41, 5.74) is 5.62. The highest BCUT2D eigenvalue weighted by atomic mass is 16.5. The zero-order valence-electron chi connectivity index (χ0n) is 15.5. The van der Waals surface area contributed by atoms with Crippen LogP contribution in [0.5, 0.6) is 0 Å². The lowest BCUT2D eigenvalue weighted by Gasteiger charge is -2.67. The van der Waals surface area contributed by atoms with E-state index in [2.05, 4.69) is 53.8 Å². The third-order valence-electron chi connectivity index (χ3n) is 7.92.